The summed E-state index contributed by atoms with van der Waals surface area (Å²) in [6, 6.07) is 8.48. The molecule has 0 atom stereocenters. The van der Waals surface area contributed by atoms with E-state index in [0.29, 0.717) is 18.0 Å². The van der Waals surface area contributed by atoms with E-state index in [1.54, 1.807) is 47.4 Å². The van der Waals surface area contributed by atoms with Gasteiger partial charge in [-0.1, -0.05) is 12.1 Å². The van der Waals surface area contributed by atoms with Gasteiger partial charge in [0, 0.05) is 25.4 Å². The topological polar surface area (TPSA) is 93.5 Å². The lowest BCUT2D eigenvalue weighted by atomic mass is 10.2. The normalized spacial score (nSPS) is 10.1. The van der Waals surface area contributed by atoms with Gasteiger partial charge in [0.25, 0.3) is 0 Å². The first kappa shape index (κ1) is 14.6. The maximum absolute atomic E-state index is 11.9. The highest BCUT2D eigenvalue weighted by atomic mass is 16.5. The Morgan fingerprint density at radius 3 is 2.81 bits per heavy atom. The van der Waals surface area contributed by atoms with E-state index in [-0.39, 0.29) is 12.3 Å². The van der Waals surface area contributed by atoms with E-state index >= 15 is 0 Å². The second-order valence-electron chi connectivity index (χ2n) is 4.25. The van der Waals surface area contributed by atoms with E-state index in [4.69, 9.17) is 9.84 Å². The largest absolute Gasteiger partial charge is 0.480 e. The second-order valence-corrected chi connectivity index (χ2v) is 4.25. The first-order valence-electron chi connectivity index (χ1n) is 6.36. The number of amides is 1. The molecule has 7 nitrogen and oxygen atoms in total. The zero-order valence-corrected chi connectivity index (χ0v) is 11.2. The van der Waals surface area contributed by atoms with Gasteiger partial charge in [-0.05, 0) is 18.2 Å². The SMILES string of the molecule is O=C(O)COc1ccccc1NC(=O)CCn1cccn1. The molecule has 7 heteroatoms. The maximum atomic E-state index is 11.9. The van der Waals surface area contributed by atoms with Crippen LogP contribution in [0, 0.1) is 0 Å². The van der Waals surface area contributed by atoms with E-state index in [2.05, 4.69) is 10.4 Å². The molecule has 0 aliphatic heterocycles. The number of aryl methyl sites for hydroxylation is 1. The van der Waals surface area contributed by atoms with E-state index < -0.39 is 12.6 Å². The summed E-state index contributed by atoms with van der Waals surface area (Å²) >= 11 is 0. The summed E-state index contributed by atoms with van der Waals surface area (Å²) in [4.78, 5) is 22.4. The van der Waals surface area contributed by atoms with Crippen LogP contribution in [0.3, 0.4) is 0 Å². The minimum absolute atomic E-state index is 0.197. The van der Waals surface area contributed by atoms with Gasteiger partial charge in [0.2, 0.25) is 5.91 Å². The van der Waals surface area contributed by atoms with E-state index in [1.807, 2.05) is 0 Å². The molecule has 2 rings (SSSR count). The number of carboxylic acid groups (broad SMARTS) is 1. The van der Waals surface area contributed by atoms with Crippen molar-refractivity contribution >= 4 is 17.6 Å². The van der Waals surface area contributed by atoms with Crippen molar-refractivity contribution in [2.24, 2.45) is 0 Å². The van der Waals surface area contributed by atoms with Crippen LogP contribution in [-0.4, -0.2) is 33.4 Å². The Balaban J connectivity index is 1.92. The summed E-state index contributed by atoms with van der Waals surface area (Å²) in [6.45, 7) is 0.0111. The maximum Gasteiger partial charge on any atom is 0.341 e. The fourth-order valence-electron chi connectivity index (χ4n) is 1.70. The van der Waals surface area contributed by atoms with Crippen LogP contribution in [0.1, 0.15) is 6.42 Å². The number of aliphatic carboxylic acids is 1. The van der Waals surface area contributed by atoms with Gasteiger partial charge in [-0.15, -0.1) is 0 Å². The number of para-hydroxylation sites is 2. The molecule has 0 saturated heterocycles. The number of rotatable bonds is 7. The van der Waals surface area contributed by atoms with Crippen LogP contribution >= 0.6 is 0 Å². The van der Waals surface area contributed by atoms with E-state index in [0.717, 1.165) is 0 Å². The number of carbonyl (C=O) groups is 2. The monoisotopic (exact) mass is 289 g/mol. The van der Waals surface area contributed by atoms with Crippen LogP contribution in [0.2, 0.25) is 0 Å². The Labute approximate surface area is 121 Å². The molecule has 0 aliphatic rings. The van der Waals surface area contributed by atoms with Crippen LogP contribution in [0.4, 0.5) is 5.69 Å². The van der Waals surface area contributed by atoms with Crippen molar-refractivity contribution in [1.82, 2.24) is 9.78 Å². The minimum atomic E-state index is -1.07. The van der Waals surface area contributed by atoms with Crippen molar-refractivity contribution in [1.29, 1.82) is 0 Å². The summed E-state index contributed by atoms with van der Waals surface area (Å²) in [6.07, 6.45) is 3.68. The zero-order valence-electron chi connectivity index (χ0n) is 11.2. The molecule has 2 N–H and O–H groups in total. The number of hydrogen-bond acceptors (Lipinski definition) is 4. The third-order valence-electron chi connectivity index (χ3n) is 2.64. The Bertz CT molecular complexity index is 610. The number of hydrogen-bond donors (Lipinski definition) is 2. The van der Waals surface area contributed by atoms with Crippen LogP contribution < -0.4 is 10.1 Å². The quantitative estimate of drug-likeness (QED) is 0.803. The zero-order chi connectivity index (χ0) is 15.1. The standard InChI is InChI=1S/C14H15N3O4/c18-13(6-9-17-8-3-7-15-17)16-11-4-1-2-5-12(11)21-10-14(19)20/h1-5,7-8H,6,9-10H2,(H,16,18)(H,19,20). The average molecular weight is 289 g/mol. The molecule has 21 heavy (non-hydrogen) atoms. The highest BCUT2D eigenvalue weighted by Crippen LogP contribution is 2.23. The van der Waals surface area contributed by atoms with Gasteiger partial charge in [-0.3, -0.25) is 9.48 Å². The number of anilines is 1. The van der Waals surface area contributed by atoms with Crippen LogP contribution in [-0.2, 0) is 16.1 Å². The molecule has 0 bridgehead atoms. The first-order valence-corrected chi connectivity index (χ1v) is 6.36. The van der Waals surface area contributed by atoms with Gasteiger partial charge in [0.15, 0.2) is 6.61 Å². The predicted octanol–water partition coefficient (Wildman–Crippen LogP) is 1.38. The number of nitrogens with zero attached hydrogens (tertiary/aromatic N) is 2. The number of aromatic nitrogens is 2. The lowest BCUT2D eigenvalue weighted by Crippen LogP contribution is -2.16. The van der Waals surface area contributed by atoms with Crippen LogP contribution in [0.25, 0.3) is 0 Å². The molecule has 0 aliphatic carbocycles. The van der Waals surface area contributed by atoms with Gasteiger partial charge in [0.05, 0.1) is 5.69 Å². The highest BCUT2D eigenvalue weighted by molar-refractivity contribution is 5.92. The summed E-state index contributed by atoms with van der Waals surface area (Å²) in [7, 11) is 0. The molecule has 110 valence electrons. The minimum Gasteiger partial charge on any atom is -0.480 e. The average Bonchev–Trinajstić information content (AvgIpc) is 2.97. The molecule has 1 amide bonds. The van der Waals surface area contributed by atoms with Crippen molar-refractivity contribution < 1.29 is 19.4 Å². The molecule has 0 spiro atoms. The summed E-state index contributed by atoms with van der Waals surface area (Å²) in [5, 5.41) is 15.3. The van der Waals surface area contributed by atoms with Crippen molar-refractivity contribution in [3.63, 3.8) is 0 Å². The smallest absolute Gasteiger partial charge is 0.341 e. The molecule has 0 radical (unpaired) electrons. The Kier molecular flexibility index (Phi) is 4.92. The highest BCUT2D eigenvalue weighted by Gasteiger charge is 2.09. The van der Waals surface area contributed by atoms with Crippen molar-refractivity contribution in [3.05, 3.63) is 42.7 Å². The number of ether oxygens (including phenoxy) is 1. The van der Waals surface area contributed by atoms with Crippen molar-refractivity contribution in [2.75, 3.05) is 11.9 Å². The van der Waals surface area contributed by atoms with Gasteiger partial charge in [-0.25, -0.2) is 4.79 Å². The summed E-state index contributed by atoms with van der Waals surface area (Å²) < 4.78 is 6.78. The molecule has 0 saturated carbocycles. The summed E-state index contributed by atoms with van der Waals surface area (Å²) in [5.74, 6) is -0.945. The number of carbonyl (C=O) groups excluding carboxylic acids is 1. The van der Waals surface area contributed by atoms with Crippen molar-refractivity contribution in [2.45, 2.75) is 13.0 Å². The van der Waals surface area contributed by atoms with E-state index in [9.17, 15) is 9.59 Å². The molecule has 2 aromatic rings. The third-order valence-corrected chi connectivity index (χ3v) is 2.64. The number of nitrogens with one attached hydrogen (secondary N) is 1. The van der Waals surface area contributed by atoms with Gasteiger partial charge in [-0.2, -0.15) is 5.10 Å². The van der Waals surface area contributed by atoms with Gasteiger partial charge < -0.3 is 15.2 Å². The third kappa shape index (κ3) is 4.64. The Morgan fingerprint density at radius 2 is 2.10 bits per heavy atom. The first-order chi connectivity index (χ1) is 10.1. The number of benzene rings is 1. The molecular weight excluding hydrogens is 274 g/mol. The molecule has 0 unspecified atom stereocenters. The van der Waals surface area contributed by atoms with E-state index in [1.165, 1.54) is 0 Å². The Morgan fingerprint density at radius 1 is 1.29 bits per heavy atom. The lowest BCUT2D eigenvalue weighted by molar-refractivity contribution is -0.139. The molecular formula is C14H15N3O4. The molecule has 0 fully saturated rings. The van der Waals surface area contributed by atoms with Gasteiger partial charge >= 0.3 is 5.97 Å². The lowest BCUT2D eigenvalue weighted by Gasteiger charge is -2.11. The van der Waals surface area contributed by atoms with Crippen molar-refractivity contribution in [3.8, 4) is 5.75 Å². The molecule has 1 aromatic carbocycles. The predicted molar refractivity (Wildman–Crippen MR) is 75.0 cm³/mol. The molecule has 1 heterocycles. The van der Waals surface area contributed by atoms with Crippen LogP contribution in [0.5, 0.6) is 5.75 Å². The number of carboxylic acids is 1. The fourth-order valence-corrected chi connectivity index (χ4v) is 1.70. The summed E-state index contributed by atoms with van der Waals surface area (Å²) in [5.41, 5.74) is 0.448. The second kappa shape index (κ2) is 7.09. The van der Waals surface area contributed by atoms with Crippen LogP contribution in [0.15, 0.2) is 42.7 Å². The molecule has 1 aromatic heterocycles. The fraction of sp³-hybridized carbons (Fsp3) is 0.214. The Hall–Kier alpha value is -2.83. The van der Waals surface area contributed by atoms with Gasteiger partial charge in [0.1, 0.15) is 5.75 Å².